The monoisotopic (exact) mass is 198 g/mol. The zero-order valence-electron chi connectivity index (χ0n) is 7.32. The molecule has 0 spiro atoms. The first-order valence-electron chi connectivity index (χ1n) is 4.23. The predicted molar refractivity (Wildman–Crippen MR) is 48.7 cm³/mol. The zero-order chi connectivity index (χ0) is 9.26. The van der Waals surface area contributed by atoms with Crippen molar-refractivity contribution in [2.45, 2.75) is 25.0 Å². The van der Waals surface area contributed by atoms with E-state index in [9.17, 15) is 4.79 Å². The molecule has 1 aromatic heterocycles. The van der Waals surface area contributed by atoms with Crippen LogP contribution >= 0.6 is 11.8 Å². The number of aromatic nitrogens is 2. The summed E-state index contributed by atoms with van der Waals surface area (Å²) in [6, 6.07) is 0. The highest BCUT2D eigenvalue weighted by molar-refractivity contribution is 7.99. The topological polar surface area (TPSA) is 56.0 Å². The molecule has 1 aliphatic rings. The summed E-state index contributed by atoms with van der Waals surface area (Å²) in [5, 5.41) is 4.12. The van der Waals surface area contributed by atoms with Gasteiger partial charge in [0.2, 0.25) is 5.78 Å². The summed E-state index contributed by atoms with van der Waals surface area (Å²) in [4.78, 5) is 14.9. The third-order valence-electron chi connectivity index (χ3n) is 1.96. The molecule has 2 rings (SSSR count). The average molecular weight is 198 g/mol. The molecule has 5 heteroatoms. The maximum Gasteiger partial charge on any atom is 0.293 e. The fourth-order valence-corrected chi connectivity index (χ4v) is 2.49. The van der Waals surface area contributed by atoms with Crippen molar-refractivity contribution in [3.63, 3.8) is 0 Å². The predicted octanol–water partition coefficient (Wildman–Crippen LogP) is 1.84. The second kappa shape index (κ2) is 3.49. The SMILES string of the molecule is CC(=O)c1nc(C2CCCS2)no1. The first-order valence-corrected chi connectivity index (χ1v) is 5.28. The fourth-order valence-electron chi connectivity index (χ4n) is 1.29. The molecule has 70 valence electrons. The van der Waals surface area contributed by atoms with E-state index < -0.39 is 0 Å². The lowest BCUT2D eigenvalue weighted by Crippen LogP contribution is -1.94. The fraction of sp³-hybridized carbons (Fsp3) is 0.625. The third-order valence-corrected chi connectivity index (χ3v) is 3.33. The highest BCUT2D eigenvalue weighted by Gasteiger charge is 2.23. The van der Waals surface area contributed by atoms with E-state index in [4.69, 9.17) is 4.52 Å². The van der Waals surface area contributed by atoms with Crippen molar-refractivity contribution in [2.75, 3.05) is 5.75 Å². The summed E-state index contributed by atoms with van der Waals surface area (Å²) < 4.78 is 4.81. The highest BCUT2D eigenvalue weighted by atomic mass is 32.2. The maximum absolute atomic E-state index is 10.9. The van der Waals surface area contributed by atoms with Crippen LogP contribution in [0.3, 0.4) is 0 Å². The highest BCUT2D eigenvalue weighted by Crippen LogP contribution is 2.38. The van der Waals surface area contributed by atoms with Crippen LogP contribution in [-0.2, 0) is 0 Å². The molecule has 1 fully saturated rings. The minimum Gasteiger partial charge on any atom is -0.331 e. The Morgan fingerprint density at radius 3 is 3.08 bits per heavy atom. The largest absolute Gasteiger partial charge is 0.331 e. The standard InChI is InChI=1S/C8H10N2O2S/c1-5(11)8-9-7(10-12-8)6-3-2-4-13-6/h6H,2-4H2,1H3. The maximum atomic E-state index is 10.9. The van der Waals surface area contributed by atoms with Gasteiger partial charge in [0.05, 0.1) is 5.25 Å². The third kappa shape index (κ3) is 1.75. The zero-order valence-corrected chi connectivity index (χ0v) is 8.13. The van der Waals surface area contributed by atoms with E-state index in [0.717, 1.165) is 12.2 Å². The van der Waals surface area contributed by atoms with Gasteiger partial charge in [-0.2, -0.15) is 16.7 Å². The lowest BCUT2D eigenvalue weighted by Gasteiger charge is -1.98. The molecule has 0 radical (unpaired) electrons. The number of hydrogen-bond acceptors (Lipinski definition) is 5. The smallest absolute Gasteiger partial charge is 0.293 e. The van der Waals surface area contributed by atoms with Gasteiger partial charge >= 0.3 is 0 Å². The number of Topliss-reactive ketones (excluding diaryl/α,β-unsaturated/α-hetero) is 1. The van der Waals surface area contributed by atoms with Crippen molar-refractivity contribution >= 4 is 17.5 Å². The van der Waals surface area contributed by atoms with Crippen molar-refractivity contribution in [2.24, 2.45) is 0 Å². The van der Waals surface area contributed by atoms with Crippen molar-refractivity contribution in [3.05, 3.63) is 11.7 Å². The number of nitrogens with zero attached hydrogens (tertiary/aromatic N) is 2. The average Bonchev–Trinajstić information content (AvgIpc) is 2.75. The molecule has 2 heterocycles. The lowest BCUT2D eigenvalue weighted by molar-refractivity contribution is 0.0972. The van der Waals surface area contributed by atoms with Crippen LogP contribution in [0.5, 0.6) is 0 Å². The molecule has 1 saturated heterocycles. The van der Waals surface area contributed by atoms with E-state index in [-0.39, 0.29) is 11.7 Å². The number of carbonyl (C=O) groups is 1. The van der Waals surface area contributed by atoms with Crippen LogP contribution in [0.4, 0.5) is 0 Å². The van der Waals surface area contributed by atoms with Gasteiger partial charge in [0.15, 0.2) is 5.82 Å². The molecule has 13 heavy (non-hydrogen) atoms. The van der Waals surface area contributed by atoms with Crippen molar-refractivity contribution in [3.8, 4) is 0 Å². The summed E-state index contributed by atoms with van der Waals surface area (Å²) in [5.41, 5.74) is 0. The Balaban J connectivity index is 2.16. The minimum absolute atomic E-state index is 0.127. The molecule has 1 atom stereocenters. The van der Waals surface area contributed by atoms with Crippen LogP contribution in [0.2, 0.25) is 0 Å². The Morgan fingerprint density at radius 1 is 1.69 bits per heavy atom. The molecule has 0 saturated carbocycles. The van der Waals surface area contributed by atoms with Gasteiger partial charge in [0.25, 0.3) is 5.89 Å². The molecule has 1 aromatic rings. The van der Waals surface area contributed by atoms with E-state index >= 15 is 0 Å². The Bertz CT molecular complexity index is 318. The van der Waals surface area contributed by atoms with Gasteiger partial charge < -0.3 is 4.52 Å². The molecule has 4 nitrogen and oxygen atoms in total. The number of rotatable bonds is 2. The Hall–Kier alpha value is -0.840. The van der Waals surface area contributed by atoms with Crippen molar-refractivity contribution in [1.82, 2.24) is 10.1 Å². The van der Waals surface area contributed by atoms with Gasteiger partial charge in [0.1, 0.15) is 0 Å². The van der Waals surface area contributed by atoms with E-state index in [1.165, 1.54) is 13.3 Å². The molecule has 0 N–H and O–H groups in total. The van der Waals surface area contributed by atoms with Crippen LogP contribution < -0.4 is 0 Å². The first kappa shape index (κ1) is 8.74. The second-order valence-corrected chi connectivity index (χ2v) is 4.33. The molecular weight excluding hydrogens is 188 g/mol. The Labute approximate surface area is 80.1 Å². The van der Waals surface area contributed by atoms with Crippen molar-refractivity contribution in [1.29, 1.82) is 0 Å². The Kier molecular flexibility index (Phi) is 2.35. The van der Waals surface area contributed by atoms with Crippen LogP contribution in [0.1, 0.15) is 41.5 Å². The van der Waals surface area contributed by atoms with E-state index in [1.54, 1.807) is 0 Å². The van der Waals surface area contributed by atoms with Crippen LogP contribution in [0, 0.1) is 0 Å². The summed E-state index contributed by atoms with van der Waals surface area (Å²) in [6.45, 7) is 1.43. The van der Waals surface area contributed by atoms with E-state index in [0.29, 0.717) is 11.1 Å². The van der Waals surface area contributed by atoms with Crippen molar-refractivity contribution < 1.29 is 9.32 Å². The molecular formula is C8H10N2O2S. The summed E-state index contributed by atoms with van der Waals surface area (Å²) in [6.07, 6.45) is 2.28. The van der Waals surface area contributed by atoms with E-state index in [1.807, 2.05) is 11.8 Å². The number of ketones is 1. The first-order chi connectivity index (χ1) is 6.27. The summed E-state index contributed by atoms with van der Waals surface area (Å²) in [5.74, 6) is 1.78. The summed E-state index contributed by atoms with van der Waals surface area (Å²) in [7, 11) is 0. The van der Waals surface area contributed by atoms with Crippen LogP contribution in [0.15, 0.2) is 4.52 Å². The number of carbonyl (C=O) groups excluding carboxylic acids is 1. The Morgan fingerprint density at radius 2 is 2.54 bits per heavy atom. The van der Waals surface area contributed by atoms with Gasteiger partial charge in [-0.1, -0.05) is 5.16 Å². The lowest BCUT2D eigenvalue weighted by atomic mass is 10.2. The molecule has 0 bridgehead atoms. The second-order valence-electron chi connectivity index (χ2n) is 3.02. The van der Waals surface area contributed by atoms with Gasteiger partial charge in [-0.3, -0.25) is 4.79 Å². The van der Waals surface area contributed by atoms with Gasteiger partial charge in [-0.05, 0) is 18.6 Å². The molecule has 1 unspecified atom stereocenters. The normalized spacial score (nSPS) is 22.1. The summed E-state index contributed by atoms with van der Waals surface area (Å²) >= 11 is 1.82. The van der Waals surface area contributed by atoms with Gasteiger partial charge in [0, 0.05) is 6.92 Å². The number of thioether (sulfide) groups is 1. The van der Waals surface area contributed by atoms with Crippen LogP contribution in [0.25, 0.3) is 0 Å². The molecule has 0 aromatic carbocycles. The quantitative estimate of drug-likeness (QED) is 0.679. The van der Waals surface area contributed by atoms with E-state index in [2.05, 4.69) is 10.1 Å². The number of hydrogen-bond donors (Lipinski definition) is 0. The molecule has 1 aliphatic heterocycles. The molecule has 0 amide bonds. The van der Waals surface area contributed by atoms with Crippen LogP contribution in [-0.4, -0.2) is 21.7 Å². The van der Waals surface area contributed by atoms with Gasteiger partial charge in [-0.25, -0.2) is 0 Å². The minimum atomic E-state index is -0.165. The molecule has 0 aliphatic carbocycles. The van der Waals surface area contributed by atoms with Gasteiger partial charge in [-0.15, -0.1) is 0 Å².